The van der Waals surface area contributed by atoms with Gasteiger partial charge in [0.2, 0.25) is 0 Å². The Kier molecular flexibility index (Phi) is 4.39. The Hall–Kier alpha value is -1.40. The molecule has 2 rings (SSSR count). The summed E-state index contributed by atoms with van der Waals surface area (Å²) in [7, 11) is -1.29. The highest BCUT2D eigenvalue weighted by atomic mass is 32.2. The van der Waals surface area contributed by atoms with Gasteiger partial charge in [0.1, 0.15) is 0 Å². The van der Waals surface area contributed by atoms with Gasteiger partial charge in [-0.3, -0.25) is 4.79 Å². The number of likely N-dealkylation sites (N-methyl/N-ethyl adjacent to an activating group) is 1. The molecule has 5 nitrogen and oxygen atoms in total. The molecule has 1 aromatic rings. The summed E-state index contributed by atoms with van der Waals surface area (Å²) in [6, 6.07) is 5.03. The second-order valence-electron chi connectivity index (χ2n) is 5.86. The molecule has 1 amide bonds. The number of carbonyl (C=O) groups excluding carboxylic acids is 1. The van der Waals surface area contributed by atoms with Crippen molar-refractivity contribution in [3.63, 3.8) is 0 Å². The van der Waals surface area contributed by atoms with Gasteiger partial charge >= 0.3 is 0 Å². The molecule has 0 radical (unpaired) electrons. The lowest BCUT2D eigenvalue weighted by Crippen LogP contribution is -2.52. The van der Waals surface area contributed by atoms with Crippen LogP contribution in [-0.2, 0) is 9.84 Å². The average Bonchev–Trinajstić information content (AvgIpc) is 2.37. The summed E-state index contributed by atoms with van der Waals surface area (Å²) in [6.07, 6.45) is 1.17. The molecule has 1 atom stereocenters. The van der Waals surface area contributed by atoms with Gasteiger partial charge in [-0.1, -0.05) is 6.07 Å². The third kappa shape index (κ3) is 3.44. The van der Waals surface area contributed by atoms with Crippen molar-refractivity contribution in [2.24, 2.45) is 0 Å². The standard InChI is InChI=1S/C15H22N2O3S/c1-11-5-6-13(9-14(11)21(4,19)20)15(18)17-8-7-16(3)10-12(17)2/h5-6,9,12H,7-8,10H2,1-4H3. The molecule has 0 saturated carbocycles. The predicted octanol–water partition coefficient (Wildman–Crippen LogP) is 1.17. The minimum absolute atomic E-state index is 0.0968. The van der Waals surface area contributed by atoms with E-state index in [1.54, 1.807) is 19.1 Å². The number of amides is 1. The maximum absolute atomic E-state index is 12.6. The minimum atomic E-state index is -3.32. The fraction of sp³-hybridized carbons (Fsp3) is 0.533. The van der Waals surface area contributed by atoms with Crippen LogP contribution < -0.4 is 0 Å². The minimum Gasteiger partial charge on any atom is -0.333 e. The van der Waals surface area contributed by atoms with Gasteiger partial charge in [0.15, 0.2) is 9.84 Å². The number of aryl methyl sites for hydroxylation is 1. The van der Waals surface area contributed by atoms with Gasteiger partial charge in [-0.15, -0.1) is 0 Å². The van der Waals surface area contributed by atoms with Crippen molar-refractivity contribution in [3.8, 4) is 0 Å². The number of carbonyl (C=O) groups is 1. The van der Waals surface area contributed by atoms with E-state index in [1.165, 1.54) is 12.3 Å². The van der Waals surface area contributed by atoms with Gasteiger partial charge in [-0.2, -0.15) is 0 Å². The summed E-state index contributed by atoms with van der Waals surface area (Å²) < 4.78 is 23.6. The van der Waals surface area contributed by atoms with Crippen LogP contribution in [0, 0.1) is 6.92 Å². The first-order chi connectivity index (χ1) is 9.70. The van der Waals surface area contributed by atoms with Crippen LogP contribution in [0.15, 0.2) is 23.1 Å². The monoisotopic (exact) mass is 310 g/mol. The van der Waals surface area contributed by atoms with Gasteiger partial charge in [0, 0.05) is 37.5 Å². The van der Waals surface area contributed by atoms with E-state index in [0.29, 0.717) is 17.7 Å². The molecule has 1 unspecified atom stereocenters. The second kappa shape index (κ2) is 5.77. The molecule has 0 bridgehead atoms. The normalized spacial score (nSPS) is 20.6. The zero-order valence-corrected chi connectivity index (χ0v) is 13.8. The summed E-state index contributed by atoms with van der Waals surface area (Å²) in [4.78, 5) is 16.9. The maximum atomic E-state index is 12.6. The highest BCUT2D eigenvalue weighted by Gasteiger charge is 2.27. The number of piperazine rings is 1. The number of hydrogen-bond acceptors (Lipinski definition) is 4. The Morgan fingerprint density at radius 2 is 1.95 bits per heavy atom. The van der Waals surface area contributed by atoms with Crippen molar-refractivity contribution >= 4 is 15.7 Å². The molecule has 1 aromatic carbocycles. The zero-order valence-electron chi connectivity index (χ0n) is 13.0. The van der Waals surface area contributed by atoms with Crippen molar-refractivity contribution in [1.82, 2.24) is 9.80 Å². The summed E-state index contributed by atoms with van der Waals surface area (Å²) >= 11 is 0. The number of sulfone groups is 1. The van der Waals surface area contributed by atoms with Crippen LogP contribution in [-0.4, -0.2) is 63.1 Å². The second-order valence-corrected chi connectivity index (χ2v) is 7.85. The first kappa shape index (κ1) is 16.0. The van der Waals surface area contributed by atoms with E-state index >= 15 is 0 Å². The SMILES string of the molecule is Cc1ccc(C(=O)N2CCN(C)CC2C)cc1S(C)(=O)=O. The number of nitrogens with zero attached hydrogens (tertiary/aromatic N) is 2. The lowest BCUT2D eigenvalue weighted by Gasteiger charge is -2.38. The van der Waals surface area contributed by atoms with E-state index in [1.807, 2.05) is 18.9 Å². The van der Waals surface area contributed by atoms with Gasteiger partial charge in [0.25, 0.3) is 5.91 Å². The molecule has 1 saturated heterocycles. The summed E-state index contributed by atoms with van der Waals surface area (Å²) in [5.41, 5.74) is 1.11. The van der Waals surface area contributed by atoms with Crippen molar-refractivity contribution in [2.75, 3.05) is 32.9 Å². The van der Waals surface area contributed by atoms with Crippen LogP contribution in [0.3, 0.4) is 0 Å². The first-order valence-corrected chi connectivity index (χ1v) is 8.89. The molecule has 0 N–H and O–H groups in total. The van der Waals surface area contributed by atoms with Crippen LogP contribution >= 0.6 is 0 Å². The molecule has 1 aliphatic heterocycles. The van der Waals surface area contributed by atoms with E-state index < -0.39 is 9.84 Å². The van der Waals surface area contributed by atoms with Gasteiger partial charge < -0.3 is 9.80 Å². The zero-order chi connectivity index (χ0) is 15.8. The van der Waals surface area contributed by atoms with Gasteiger partial charge in [-0.05, 0) is 38.6 Å². The molecule has 0 aliphatic carbocycles. The smallest absolute Gasteiger partial charge is 0.254 e. The summed E-state index contributed by atoms with van der Waals surface area (Å²) in [5, 5.41) is 0. The van der Waals surface area contributed by atoms with Crippen molar-refractivity contribution in [2.45, 2.75) is 24.8 Å². The molecule has 0 aromatic heterocycles. The lowest BCUT2D eigenvalue weighted by molar-refractivity contribution is 0.0533. The van der Waals surface area contributed by atoms with Crippen LogP contribution in [0.5, 0.6) is 0 Å². The Labute approximate surface area is 126 Å². The Morgan fingerprint density at radius 1 is 1.29 bits per heavy atom. The molecule has 6 heteroatoms. The van der Waals surface area contributed by atoms with Crippen LogP contribution in [0.4, 0.5) is 0 Å². The Morgan fingerprint density at radius 3 is 2.52 bits per heavy atom. The number of hydrogen-bond donors (Lipinski definition) is 0. The molecule has 0 spiro atoms. The van der Waals surface area contributed by atoms with Crippen molar-refractivity contribution in [3.05, 3.63) is 29.3 Å². The first-order valence-electron chi connectivity index (χ1n) is 7.00. The van der Waals surface area contributed by atoms with Crippen LogP contribution in [0.1, 0.15) is 22.8 Å². The maximum Gasteiger partial charge on any atom is 0.254 e. The Bertz CT molecular complexity index is 655. The molecular weight excluding hydrogens is 288 g/mol. The van der Waals surface area contributed by atoms with E-state index in [-0.39, 0.29) is 16.8 Å². The third-order valence-electron chi connectivity index (χ3n) is 3.93. The van der Waals surface area contributed by atoms with E-state index in [9.17, 15) is 13.2 Å². The fourth-order valence-electron chi connectivity index (χ4n) is 2.74. The average molecular weight is 310 g/mol. The van der Waals surface area contributed by atoms with Crippen LogP contribution in [0.2, 0.25) is 0 Å². The predicted molar refractivity (Wildman–Crippen MR) is 82.3 cm³/mol. The molecule has 21 heavy (non-hydrogen) atoms. The topological polar surface area (TPSA) is 57.7 Å². The highest BCUT2D eigenvalue weighted by Crippen LogP contribution is 2.20. The Balaban J connectivity index is 2.32. The number of benzene rings is 1. The van der Waals surface area contributed by atoms with Crippen molar-refractivity contribution in [1.29, 1.82) is 0 Å². The molecule has 1 heterocycles. The van der Waals surface area contributed by atoms with E-state index in [0.717, 1.165) is 13.1 Å². The fourth-order valence-corrected chi connectivity index (χ4v) is 3.73. The largest absolute Gasteiger partial charge is 0.333 e. The molecule has 1 fully saturated rings. The highest BCUT2D eigenvalue weighted by molar-refractivity contribution is 7.90. The van der Waals surface area contributed by atoms with Gasteiger partial charge in [-0.25, -0.2) is 8.42 Å². The van der Waals surface area contributed by atoms with E-state index in [2.05, 4.69) is 4.90 Å². The quantitative estimate of drug-likeness (QED) is 0.823. The number of rotatable bonds is 2. The lowest BCUT2D eigenvalue weighted by atomic mass is 10.1. The molecule has 116 valence electrons. The molecule has 1 aliphatic rings. The van der Waals surface area contributed by atoms with E-state index in [4.69, 9.17) is 0 Å². The molecular formula is C15H22N2O3S. The summed E-state index contributed by atoms with van der Waals surface area (Å²) in [6.45, 7) is 6.08. The third-order valence-corrected chi connectivity index (χ3v) is 5.16. The van der Waals surface area contributed by atoms with Crippen molar-refractivity contribution < 1.29 is 13.2 Å². The van der Waals surface area contributed by atoms with Gasteiger partial charge in [0.05, 0.1) is 4.90 Å². The summed E-state index contributed by atoms with van der Waals surface area (Å²) in [5.74, 6) is -0.0968. The van der Waals surface area contributed by atoms with Crippen LogP contribution in [0.25, 0.3) is 0 Å².